The Hall–Kier alpha value is -1.55. The average Bonchev–Trinajstić information content (AvgIpc) is 2.46. The molecule has 0 aliphatic carbocycles. The van der Waals surface area contributed by atoms with Gasteiger partial charge in [-0.2, -0.15) is 0 Å². The molecule has 2 rings (SSSR count). The molecular weight excluding hydrogens is 254 g/mol. The summed E-state index contributed by atoms with van der Waals surface area (Å²) in [5, 5.41) is 10.9. The van der Waals surface area contributed by atoms with Gasteiger partial charge in [0.2, 0.25) is 0 Å². The number of para-hydroxylation sites is 1. The Morgan fingerprint density at radius 2 is 2.05 bits per heavy atom. The summed E-state index contributed by atoms with van der Waals surface area (Å²) in [5.74, 6) is 0.0935. The zero-order valence-electron chi connectivity index (χ0n) is 12.1. The van der Waals surface area contributed by atoms with Crippen molar-refractivity contribution in [1.82, 2.24) is 0 Å². The number of piperidine rings is 1. The van der Waals surface area contributed by atoms with Crippen LogP contribution in [0, 0.1) is 5.92 Å². The Kier molecular flexibility index (Phi) is 5.41. The maximum atomic E-state index is 10.9. The molecule has 1 aromatic carbocycles. The van der Waals surface area contributed by atoms with E-state index in [0.29, 0.717) is 12.4 Å². The lowest BCUT2D eigenvalue weighted by Gasteiger charge is -2.27. The van der Waals surface area contributed by atoms with Crippen molar-refractivity contribution >= 4 is 5.97 Å². The van der Waals surface area contributed by atoms with Crippen molar-refractivity contribution in [3.05, 3.63) is 29.8 Å². The van der Waals surface area contributed by atoms with Crippen molar-refractivity contribution in [1.29, 1.82) is 0 Å². The third kappa shape index (κ3) is 4.23. The van der Waals surface area contributed by atoms with Gasteiger partial charge in [0, 0.05) is 12.0 Å². The van der Waals surface area contributed by atoms with Gasteiger partial charge in [-0.1, -0.05) is 19.1 Å². The van der Waals surface area contributed by atoms with Crippen LogP contribution in [0.3, 0.4) is 0 Å². The van der Waals surface area contributed by atoms with Gasteiger partial charge in [0.15, 0.2) is 0 Å². The summed E-state index contributed by atoms with van der Waals surface area (Å²) in [6.07, 6.45) is 3.57. The largest absolute Gasteiger partial charge is 0.545 e. The van der Waals surface area contributed by atoms with Crippen LogP contribution in [0.25, 0.3) is 0 Å². The van der Waals surface area contributed by atoms with Crippen LogP contribution in [0.15, 0.2) is 24.3 Å². The third-order valence-corrected chi connectivity index (χ3v) is 4.02. The molecule has 1 N–H and O–H groups in total. The van der Waals surface area contributed by atoms with Crippen molar-refractivity contribution in [2.24, 2.45) is 5.92 Å². The minimum absolute atomic E-state index is 0.131. The van der Waals surface area contributed by atoms with Crippen LogP contribution in [-0.4, -0.2) is 32.2 Å². The Morgan fingerprint density at radius 3 is 2.75 bits per heavy atom. The molecule has 0 aromatic heterocycles. The fourth-order valence-electron chi connectivity index (χ4n) is 2.69. The fourth-order valence-corrected chi connectivity index (χ4v) is 2.69. The number of nitrogens with one attached hydrogen (secondary N) is 1. The molecule has 4 nitrogen and oxygen atoms in total. The summed E-state index contributed by atoms with van der Waals surface area (Å²) in [7, 11) is 0. The van der Waals surface area contributed by atoms with Crippen LogP contribution in [0.5, 0.6) is 5.75 Å². The second-order valence-electron chi connectivity index (χ2n) is 5.67. The van der Waals surface area contributed by atoms with Crippen molar-refractivity contribution in [2.45, 2.75) is 26.2 Å². The average molecular weight is 277 g/mol. The van der Waals surface area contributed by atoms with E-state index in [9.17, 15) is 9.90 Å². The summed E-state index contributed by atoms with van der Waals surface area (Å²) in [4.78, 5) is 12.6. The maximum Gasteiger partial charge on any atom is 0.128 e. The van der Waals surface area contributed by atoms with Gasteiger partial charge in [0.25, 0.3) is 0 Å². The number of carboxylic acids is 1. The lowest BCUT2D eigenvalue weighted by molar-refractivity contribution is -0.906. The molecule has 0 amide bonds. The lowest BCUT2D eigenvalue weighted by atomic mass is 9.99. The molecule has 1 aliphatic heterocycles. The van der Waals surface area contributed by atoms with Gasteiger partial charge < -0.3 is 19.5 Å². The molecule has 0 saturated carbocycles. The minimum Gasteiger partial charge on any atom is -0.545 e. The van der Waals surface area contributed by atoms with E-state index in [0.717, 1.165) is 18.9 Å². The Morgan fingerprint density at radius 1 is 1.35 bits per heavy atom. The van der Waals surface area contributed by atoms with Crippen molar-refractivity contribution in [2.75, 3.05) is 26.2 Å². The maximum absolute atomic E-state index is 10.9. The Bertz CT molecular complexity index is 439. The predicted octanol–water partition coefficient (Wildman–Crippen LogP) is 0.134. The highest BCUT2D eigenvalue weighted by Crippen LogP contribution is 2.16. The second-order valence-corrected chi connectivity index (χ2v) is 5.67. The first-order valence-electron chi connectivity index (χ1n) is 7.43. The van der Waals surface area contributed by atoms with E-state index in [1.54, 1.807) is 23.1 Å². The summed E-state index contributed by atoms with van der Waals surface area (Å²) in [6.45, 7) is 6.47. The number of quaternary nitrogens is 1. The fraction of sp³-hybridized carbons (Fsp3) is 0.562. The quantitative estimate of drug-likeness (QED) is 0.752. The topological polar surface area (TPSA) is 53.8 Å². The van der Waals surface area contributed by atoms with Crippen molar-refractivity contribution < 1.29 is 19.5 Å². The molecule has 0 atom stereocenters. The van der Waals surface area contributed by atoms with E-state index in [4.69, 9.17) is 4.74 Å². The third-order valence-electron chi connectivity index (χ3n) is 4.02. The summed E-state index contributed by atoms with van der Waals surface area (Å²) < 4.78 is 5.58. The number of carbonyl (C=O) groups is 1. The molecule has 0 bridgehead atoms. The van der Waals surface area contributed by atoms with E-state index in [-0.39, 0.29) is 5.56 Å². The number of hydrogen-bond donors (Lipinski definition) is 1. The van der Waals surface area contributed by atoms with Crippen LogP contribution < -0.4 is 14.7 Å². The Labute approximate surface area is 120 Å². The van der Waals surface area contributed by atoms with Crippen LogP contribution in [-0.2, 0) is 0 Å². The Balaban J connectivity index is 1.72. The first-order valence-corrected chi connectivity index (χ1v) is 7.43. The number of carbonyl (C=O) groups excluding carboxylic acids is 1. The number of benzene rings is 1. The van der Waals surface area contributed by atoms with Crippen molar-refractivity contribution in [3.63, 3.8) is 0 Å². The van der Waals surface area contributed by atoms with Gasteiger partial charge in [-0.15, -0.1) is 0 Å². The number of hydrogen-bond acceptors (Lipinski definition) is 3. The number of ether oxygens (including phenoxy) is 1. The smallest absolute Gasteiger partial charge is 0.128 e. The summed E-state index contributed by atoms with van der Waals surface area (Å²) in [6, 6.07) is 6.65. The normalized spacial score (nSPS) is 22.4. The van der Waals surface area contributed by atoms with Gasteiger partial charge in [-0.05, 0) is 30.9 Å². The number of carboxylic acid groups (broad SMARTS) is 1. The summed E-state index contributed by atoms with van der Waals surface area (Å²) in [5.41, 5.74) is 0.131. The molecule has 1 aromatic rings. The predicted molar refractivity (Wildman–Crippen MR) is 74.8 cm³/mol. The highest BCUT2D eigenvalue weighted by molar-refractivity contribution is 5.89. The van der Waals surface area contributed by atoms with Crippen LogP contribution in [0.4, 0.5) is 0 Å². The van der Waals surface area contributed by atoms with E-state index in [1.165, 1.54) is 32.0 Å². The standard InChI is InChI=1S/C16H23NO3/c1-13-7-10-17(11-8-13)9-4-12-20-15-6-3-2-5-14(15)16(18)19/h2-3,5-6,13H,4,7-12H2,1H3,(H,18,19). The van der Waals surface area contributed by atoms with Crippen molar-refractivity contribution in [3.8, 4) is 5.75 Å². The van der Waals surface area contributed by atoms with Gasteiger partial charge in [0.1, 0.15) is 5.75 Å². The van der Waals surface area contributed by atoms with Crippen LogP contribution in [0.2, 0.25) is 0 Å². The minimum atomic E-state index is -1.18. The van der Waals surface area contributed by atoms with Gasteiger partial charge >= 0.3 is 0 Å². The molecule has 1 heterocycles. The van der Waals surface area contributed by atoms with Gasteiger partial charge in [-0.3, -0.25) is 0 Å². The number of likely N-dealkylation sites (tertiary alicyclic amines) is 1. The molecule has 0 unspecified atom stereocenters. The molecule has 110 valence electrons. The van der Waals surface area contributed by atoms with E-state index in [2.05, 4.69) is 6.92 Å². The molecule has 20 heavy (non-hydrogen) atoms. The first-order chi connectivity index (χ1) is 9.66. The molecular formula is C16H23NO3. The highest BCUT2D eigenvalue weighted by Gasteiger charge is 2.18. The van der Waals surface area contributed by atoms with E-state index >= 15 is 0 Å². The van der Waals surface area contributed by atoms with E-state index < -0.39 is 5.97 Å². The highest BCUT2D eigenvalue weighted by atomic mass is 16.5. The zero-order chi connectivity index (χ0) is 14.4. The molecule has 0 spiro atoms. The van der Waals surface area contributed by atoms with Gasteiger partial charge in [0.05, 0.1) is 32.2 Å². The van der Waals surface area contributed by atoms with E-state index in [1.807, 2.05) is 0 Å². The monoisotopic (exact) mass is 277 g/mol. The lowest BCUT2D eigenvalue weighted by Crippen LogP contribution is -3.13. The number of aromatic carboxylic acids is 1. The molecule has 1 saturated heterocycles. The summed E-state index contributed by atoms with van der Waals surface area (Å²) >= 11 is 0. The SMILES string of the molecule is CC1CC[NH+](CCCOc2ccccc2C(=O)[O-])CC1. The second kappa shape index (κ2) is 7.29. The zero-order valence-corrected chi connectivity index (χ0v) is 12.1. The first kappa shape index (κ1) is 14.9. The van der Waals surface area contributed by atoms with Crippen LogP contribution >= 0.6 is 0 Å². The number of rotatable bonds is 6. The molecule has 1 aliphatic rings. The van der Waals surface area contributed by atoms with Gasteiger partial charge in [-0.25, -0.2) is 0 Å². The molecule has 4 heteroatoms. The van der Waals surface area contributed by atoms with Crippen LogP contribution in [0.1, 0.15) is 36.5 Å². The molecule has 1 fully saturated rings. The molecule has 0 radical (unpaired) electrons.